The summed E-state index contributed by atoms with van der Waals surface area (Å²) in [6.07, 6.45) is -4.54. The molecule has 0 fully saturated rings. The number of nitrogen functional groups attached to an aromatic ring is 1. The zero-order chi connectivity index (χ0) is 14.6. The van der Waals surface area contributed by atoms with E-state index in [-0.39, 0.29) is 24.4 Å². The van der Waals surface area contributed by atoms with Gasteiger partial charge < -0.3 is 15.4 Å². The van der Waals surface area contributed by atoms with Crippen molar-refractivity contribution in [1.29, 1.82) is 0 Å². The number of anilines is 1. The summed E-state index contributed by atoms with van der Waals surface area (Å²) in [6, 6.07) is 2.65. The molecule has 0 saturated heterocycles. The smallest absolute Gasteiger partial charge is 0.395 e. The lowest BCUT2D eigenvalue weighted by molar-refractivity contribution is -0.137. The SMILES string of the molecule is CN(CCO)C(=O)c1cc(C(F)(F)F)ccc1NN. The lowest BCUT2D eigenvalue weighted by Crippen LogP contribution is -2.30. The number of halogens is 3. The minimum atomic E-state index is -4.54. The molecule has 1 aromatic rings. The number of carbonyl (C=O) groups excluding carboxylic acids is 1. The first-order valence-corrected chi connectivity index (χ1v) is 5.35. The number of rotatable bonds is 4. The molecule has 0 atom stereocenters. The summed E-state index contributed by atoms with van der Waals surface area (Å²) in [6.45, 7) is -0.272. The number of aliphatic hydroxyl groups is 1. The van der Waals surface area contributed by atoms with Gasteiger partial charge in [0.05, 0.1) is 23.4 Å². The number of benzene rings is 1. The fourth-order valence-electron chi connectivity index (χ4n) is 1.48. The van der Waals surface area contributed by atoms with Gasteiger partial charge in [-0.2, -0.15) is 13.2 Å². The summed E-state index contributed by atoms with van der Waals surface area (Å²) >= 11 is 0. The van der Waals surface area contributed by atoms with Crippen molar-refractivity contribution in [2.45, 2.75) is 6.18 Å². The van der Waals surface area contributed by atoms with Crippen LogP contribution >= 0.6 is 0 Å². The predicted octanol–water partition coefficient (Wildman–Crippen LogP) is 1.06. The Labute approximate surface area is 107 Å². The number of carbonyl (C=O) groups is 1. The fraction of sp³-hybridized carbons (Fsp3) is 0.364. The van der Waals surface area contributed by atoms with Crippen LogP contribution in [0, 0.1) is 0 Å². The van der Waals surface area contributed by atoms with Crippen LogP contribution in [0.3, 0.4) is 0 Å². The van der Waals surface area contributed by atoms with Gasteiger partial charge in [0.2, 0.25) is 0 Å². The molecular formula is C11H14F3N3O2. The van der Waals surface area contributed by atoms with Crippen LogP contribution < -0.4 is 11.3 Å². The van der Waals surface area contributed by atoms with E-state index < -0.39 is 17.6 Å². The summed E-state index contributed by atoms with van der Waals surface area (Å²) in [5, 5.41) is 8.73. The van der Waals surface area contributed by atoms with Crippen LogP contribution in [0.15, 0.2) is 18.2 Å². The Balaban J connectivity index is 3.20. The van der Waals surface area contributed by atoms with Crippen molar-refractivity contribution >= 4 is 11.6 Å². The Hall–Kier alpha value is -1.80. The number of likely N-dealkylation sites (N-methyl/N-ethyl adjacent to an activating group) is 1. The standard InChI is InChI=1S/C11H14F3N3O2/c1-17(4-5-18)10(19)8-6-7(11(12,13)14)2-3-9(8)16-15/h2-3,6,16,18H,4-5,15H2,1H3. The Kier molecular flexibility index (Phi) is 4.73. The van der Waals surface area contributed by atoms with Gasteiger partial charge in [-0.25, -0.2) is 0 Å². The Morgan fingerprint density at radius 1 is 1.47 bits per heavy atom. The minimum Gasteiger partial charge on any atom is -0.395 e. The predicted molar refractivity (Wildman–Crippen MR) is 63.3 cm³/mol. The third-order valence-electron chi connectivity index (χ3n) is 2.51. The molecule has 0 aromatic heterocycles. The second-order valence-corrected chi connectivity index (χ2v) is 3.85. The number of nitrogens with one attached hydrogen (secondary N) is 1. The van der Waals surface area contributed by atoms with E-state index in [2.05, 4.69) is 5.43 Å². The van der Waals surface area contributed by atoms with Gasteiger partial charge in [0.1, 0.15) is 0 Å². The Bertz CT molecular complexity index is 463. The van der Waals surface area contributed by atoms with Gasteiger partial charge in [-0.3, -0.25) is 10.6 Å². The summed E-state index contributed by atoms with van der Waals surface area (Å²) in [5.74, 6) is 4.51. The number of aliphatic hydroxyl groups excluding tert-OH is 1. The minimum absolute atomic E-state index is 0.0130. The molecule has 1 aromatic carbocycles. The average molecular weight is 277 g/mol. The van der Waals surface area contributed by atoms with E-state index >= 15 is 0 Å². The van der Waals surface area contributed by atoms with E-state index in [9.17, 15) is 18.0 Å². The first-order valence-electron chi connectivity index (χ1n) is 5.35. The molecule has 0 aliphatic heterocycles. The third-order valence-corrected chi connectivity index (χ3v) is 2.51. The van der Waals surface area contributed by atoms with Crippen LogP contribution in [-0.2, 0) is 6.18 Å². The second-order valence-electron chi connectivity index (χ2n) is 3.85. The van der Waals surface area contributed by atoms with Gasteiger partial charge in [0.15, 0.2) is 0 Å². The van der Waals surface area contributed by atoms with Gasteiger partial charge in [-0.05, 0) is 18.2 Å². The highest BCUT2D eigenvalue weighted by Gasteiger charge is 2.32. The molecule has 5 nitrogen and oxygen atoms in total. The van der Waals surface area contributed by atoms with E-state index in [4.69, 9.17) is 10.9 Å². The monoisotopic (exact) mass is 277 g/mol. The quantitative estimate of drug-likeness (QED) is 0.568. The largest absolute Gasteiger partial charge is 0.416 e. The highest BCUT2D eigenvalue weighted by Crippen LogP contribution is 2.32. The summed E-state index contributed by atoms with van der Waals surface area (Å²) in [5.41, 5.74) is 1.12. The highest BCUT2D eigenvalue weighted by atomic mass is 19.4. The van der Waals surface area contributed by atoms with Gasteiger partial charge in [0.25, 0.3) is 5.91 Å². The summed E-state index contributed by atoms with van der Waals surface area (Å²) in [7, 11) is 1.37. The van der Waals surface area contributed by atoms with Crippen molar-refractivity contribution in [3.63, 3.8) is 0 Å². The van der Waals surface area contributed by atoms with Crippen molar-refractivity contribution in [1.82, 2.24) is 4.90 Å². The van der Waals surface area contributed by atoms with Crippen molar-refractivity contribution < 1.29 is 23.1 Å². The lowest BCUT2D eigenvalue weighted by atomic mass is 10.1. The molecular weight excluding hydrogens is 263 g/mol. The van der Waals surface area contributed by atoms with E-state index in [1.54, 1.807) is 0 Å². The molecule has 0 saturated carbocycles. The number of hydrogen-bond acceptors (Lipinski definition) is 4. The van der Waals surface area contributed by atoms with Crippen molar-refractivity contribution in [2.75, 3.05) is 25.6 Å². The van der Waals surface area contributed by atoms with Gasteiger partial charge >= 0.3 is 6.18 Å². The number of amides is 1. The van der Waals surface area contributed by atoms with E-state index in [0.717, 1.165) is 23.1 Å². The molecule has 4 N–H and O–H groups in total. The van der Waals surface area contributed by atoms with Crippen LogP contribution in [0.25, 0.3) is 0 Å². The lowest BCUT2D eigenvalue weighted by Gasteiger charge is -2.19. The molecule has 0 aliphatic rings. The number of nitrogens with two attached hydrogens (primary N) is 1. The second kappa shape index (κ2) is 5.89. The molecule has 0 spiro atoms. The maximum Gasteiger partial charge on any atom is 0.416 e. The third kappa shape index (κ3) is 3.58. The number of hydrogen-bond donors (Lipinski definition) is 3. The van der Waals surface area contributed by atoms with Crippen molar-refractivity contribution in [3.8, 4) is 0 Å². The highest BCUT2D eigenvalue weighted by molar-refractivity contribution is 5.99. The molecule has 8 heteroatoms. The molecule has 0 bridgehead atoms. The molecule has 0 unspecified atom stereocenters. The number of alkyl halides is 3. The molecule has 19 heavy (non-hydrogen) atoms. The van der Waals surface area contributed by atoms with Crippen molar-refractivity contribution in [2.24, 2.45) is 5.84 Å². The Morgan fingerprint density at radius 2 is 2.11 bits per heavy atom. The number of nitrogens with zero attached hydrogens (tertiary/aromatic N) is 1. The first kappa shape index (κ1) is 15.3. The topological polar surface area (TPSA) is 78.6 Å². The van der Waals surface area contributed by atoms with E-state index in [0.29, 0.717) is 0 Å². The normalized spacial score (nSPS) is 11.3. The molecule has 0 aliphatic carbocycles. The van der Waals surface area contributed by atoms with Crippen LogP contribution in [0.5, 0.6) is 0 Å². The summed E-state index contributed by atoms with van der Waals surface area (Å²) < 4.78 is 37.8. The maximum absolute atomic E-state index is 12.6. The molecule has 1 amide bonds. The molecule has 1 rings (SSSR count). The Morgan fingerprint density at radius 3 is 2.58 bits per heavy atom. The van der Waals surface area contributed by atoms with Crippen molar-refractivity contribution in [3.05, 3.63) is 29.3 Å². The molecule has 0 heterocycles. The first-order chi connectivity index (χ1) is 8.81. The molecule has 106 valence electrons. The zero-order valence-corrected chi connectivity index (χ0v) is 10.2. The number of hydrazine groups is 1. The molecule has 0 radical (unpaired) electrons. The van der Waals surface area contributed by atoms with Gasteiger partial charge in [-0.1, -0.05) is 0 Å². The zero-order valence-electron chi connectivity index (χ0n) is 10.2. The fourth-order valence-corrected chi connectivity index (χ4v) is 1.48. The van der Waals surface area contributed by atoms with Gasteiger partial charge in [-0.15, -0.1) is 0 Å². The van der Waals surface area contributed by atoms with Crippen LogP contribution in [0.2, 0.25) is 0 Å². The van der Waals surface area contributed by atoms with Crippen LogP contribution in [0.1, 0.15) is 15.9 Å². The summed E-state index contributed by atoms with van der Waals surface area (Å²) in [4.78, 5) is 13.1. The van der Waals surface area contributed by atoms with Gasteiger partial charge in [0, 0.05) is 13.6 Å². The van der Waals surface area contributed by atoms with E-state index in [1.165, 1.54) is 7.05 Å². The average Bonchev–Trinajstić information content (AvgIpc) is 2.36. The van der Waals surface area contributed by atoms with Crippen LogP contribution in [0.4, 0.5) is 18.9 Å². The maximum atomic E-state index is 12.6. The van der Waals surface area contributed by atoms with E-state index in [1.807, 2.05) is 0 Å². The van der Waals surface area contributed by atoms with Crippen LogP contribution in [-0.4, -0.2) is 36.1 Å².